The lowest BCUT2D eigenvalue weighted by Gasteiger charge is -2.12. The fraction of sp³-hybridized carbons (Fsp3) is 0.0800. The number of anilines is 1. The Hall–Kier alpha value is -3.40. The molecule has 11 heteroatoms. The van der Waals surface area contributed by atoms with Crippen LogP contribution in [0, 0.1) is 11.6 Å². The number of halogens is 4. The first-order chi connectivity index (χ1) is 17.2. The second-order valence-corrected chi connectivity index (χ2v) is 9.33. The summed E-state index contributed by atoms with van der Waals surface area (Å²) in [7, 11) is 0. The van der Waals surface area contributed by atoms with E-state index < -0.39 is 35.2 Å². The van der Waals surface area contributed by atoms with E-state index in [4.69, 9.17) is 27.9 Å². The van der Waals surface area contributed by atoms with E-state index in [9.17, 15) is 23.2 Å². The zero-order chi connectivity index (χ0) is 25.8. The van der Waals surface area contributed by atoms with Crippen molar-refractivity contribution in [2.45, 2.75) is 6.61 Å². The minimum atomic E-state index is -0.675. The van der Waals surface area contributed by atoms with E-state index in [2.05, 4.69) is 5.32 Å². The topological polar surface area (TPSA) is 75.7 Å². The Balaban J connectivity index is 1.44. The van der Waals surface area contributed by atoms with Gasteiger partial charge in [0.05, 0.1) is 15.0 Å². The quantitative estimate of drug-likeness (QED) is 0.340. The molecule has 1 heterocycles. The first-order valence-corrected chi connectivity index (χ1v) is 11.9. The smallest absolute Gasteiger partial charge is 0.294 e. The minimum absolute atomic E-state index is 0.0608. The molecule has 0 saturated carbocycles. The molecular weight excluding hydrogens is 533 g/mol. The van der Waals surface area contributed by atoms with Crippen molar-refractivity contribution in [3.8, 4) is 5.75 Å². The molecule has 0 radical (unpaired) electrons. The lowest BCUT2D eigenvalue weighted by Crippen LogP contribution is -2.36. The second kappa shape index (κ2) is 11.1. The Morgan fingerprint density at radius 3 is 2.44 bits per heavy atom. The standard InChI is InChI=1S/C25H16Cl2F2N2O4S/c26-18-8-14(9-19(27)23(18)35-13-15-4-1-2-7-20(15)29)10-21-24(33)31(25(34)36-21)12-22(32)30-17-6-3-5-16(28)11-17/h1-11H,12-13H2,(H,30,32)/b21-10+. The molecule has 184 valence electrons. The summed E-state index contributed by atoms with van der Waals surface area (Å²) < 4.78 is 32.7. The third-order valence-corrected chi connectivity index (χ3v) is 6.40. The Kier molecular flexibility index (Phi) is 7.93. The molecule has 3 aromatic carbocycles. The molecule has 1 aliphatic heterocycles. The van der Waals surface area contributed by atoms with Crippen LogP contribution >= 0.6 is 35.0 Å². The van der Waals surface area contributed by atoms with E-state index in [0.29, 0.717) is 22.9 Å². The highest BCUT2D eigenvalue weighted by Gasteiger charge is 2.36. The lowest BCUT2D eigenvalue weighted by molar-refractivity contribution is -0.127. The average molecular weight is 549 g/mol. The maximum absolute atomic E-state index is 13.8. The summed E-state index contributed by atoms with van der Waals surface area (Å²) in [5, 5.41) is 2.05. The molecule has 3 aromatic rings. The molecule has 0 atom stereocenters. The van der Waals surface area contributed by atoms with Gasteiger partial charge in [0.1, 0.15) is 24.8 Å². The molecule has 0 spiro atoms. The number of amides is 3. The third kappa shape index (κ3) is 6.04. The zero-order valence-electron chi connectivity index (χ0n) is 18.3. The molecule has 6 nitrogen and oxygen atoms in total. The number of hydrogen-bond acceptors (Lipinski definition) is 5. The third-order valence-electron chi connectivity index (χ3n) is 4.93. The fourth-order valence-electron chi connectivity index (χ4n) is 3.26. The highest BCUT2D eigenvalue weighted by molar-refractivity contribution is 8.18. The van der Waals surface area contributed by atoms with Gasteiger partial charge >= 0.3 is 0 Å². The van der Waals surface area contributed by atoms with E-state index in [1.807, 2.05) is 0 Å². The largest absolute Gasteiger partial charge is 0.486 e. The number of rotatable bonds is 7. The van der Waals surface area contributed by atoms with Gasteiger partial charge in [-0.05, 0) is 59.8 Å². The van der Waals surface area contributed by atoms with Crippen LogP contribution in [0.2, 0.25) is 10.0 Å². The van der Waals surface area contributed by atoms with Gasteiger partial charge in [0.2, 0.25) is 5.91 Å². The van der Waals surface area contributed by atoms with Crippen molar-refractivity contribution in [2.24, 2.45) is 0 Å². The van der Waals surface area contributed by atoms with Crippen LogP contribution in [0.25, 0.3) is 6.08 Å². The summed E-state index contributed by atoms with van der Waals surface area (Å²) in [5.74, 6) is -2.16. The average Bonchev–Trinajstić information content (AvgIpc) is 3.07. The molecule has 1 saturated heterocycles. The van der Waals surface area contributed by atoms with Crippen LogP contribution in [0.15, 0.2) is 65.6 Å². The number of hydrogen-bond donors (Lipinski definition) is 1. The van der Waals surface area contributed by atoms with Gasteiger partial charge < -0.3 is 10.1 Å². The Bertz CT molecular complexity index is 1380. The zero-order valence-corrected chi connectivity index (χ0v) is 20.6. The fourth-order valence-corrected chi connectivity index (χ4v) is 4.72. The van der Waals surface area contributed by atoms with Gasteiger partial charge in [-0.25, -0.2) is 8.78 Å². The summed E-state index contributed by atoms with van der Waals surface area (Å²) in [4.78, 5) is 38.2. The van der Waals surface area contributed by atoms with Crippen LogP contribution in [0.4, 0.5) is 19.3 Å². The maximum Gasteiger partial charge on any atom is 0.294 e. The number of ether oxygens (including phenoxy) is 1. The van der Waals surface area contributed by atoms with Crippen molar-refractivity contribution in [2.75, 3.05) is 11.9 Å². The number of thioether (sulfide) groups is 1. The monoisotopic (exact) mass is 548 g/mol. The first-order valence-electron chi connectivity index (χ1n) is 10.4. The molecule has 0 bridgehead atoms. The van der Waals surface area contributed by atoms with Crippen LogP contribution < -0.4 is 10.1 Å². The predicted molar refractivity (Wildman–Crippen MR) is 135 cm³/mol. The molecular formula is C25H16Cl2F2N2O4S. The van der Waals surface area contributed by atoms with E-state index in [1.165, 1.54) is 42.5 Å². The van der Waals surface area contributed by atoms with Crippen LogP contribution in [-0.4, -0.2) is 28.5 Å². The number of carbonyl (C=O) groups is 3. The van der Waals surface area contributed by atoms with Gasteiger partial charge in [-0.15, -0.1) is 0 Å². The lowest BCUT2D eigenvalue weighted by atomic mass is 10.2. The minimum Gasteiger partial charge on any atom is -0.486 e. The van der Waals surface area contributed by atoms with Gasteiger partial charge in [0, 0.05) is 11.3 Å². The van der Waals surface area contributed by atoms with Crippen molar-refractivity contribution in [1.29, 1.82) is 0 Å². The number of carbonyl (C=O) groups excluding carboxylic acids is 3. The summed E-state index contributed by atoms with van der Waals surface area (Å²) >= 11 is 13.2. The summed E-state index contributed by atoms with van der Waals surface area (Å²) in [6.07, 6.45) is 1.41. The molecule has 0 aromatic heterocycles. The Morgan fingerprint density at radius 2 is 1.75 bits per heavy atom. The summed E-state index contributed by atoms with van der Waals surface area (Å²) in [6, 6.07) is 14.3. The molecule has 3 amide bonds. The van der Waals surface area contributed by atoms with Crippen molar-refractivity contribution in [3.05, 3.63) is 98.4 Å². The molecule has 1 aliphatic rings. The van der Waals surface area contributed by atoms with Crippen molar-refractivity contribution < 1.29 is 27.9 Å². The normalized spacial score (nSPS) is 14.4. The molecule has 1 N–H and O–H groups in total. The van der Waals surface area contributed by atoms with Crippen molar-refractivity contribution in [1.82, 2.24) is 4.90 Å². The van der Waals surface area contributed by atoms with Gasteiger partial charge in [0.15, 0.2) is 5.75 Å². The van der Waals surface area contributed by atoms with E-state index in [1.54, 1.807) is 18.2 Å². The molecule has 36 heavy (non-hydrogen) atoms. The number of nitrogens with one attached hydrogen (secondary N) is 1. The number of benzene rings is 3. The Labute approximate surface area is 218 Å². The van der Waals surface area contributed by atoms with Crippen LogP contribution in [0.1, 0.15) is 11.1 Å². The van der Waals surface area contributed by atoms with Gasteiger partial charge in [-0.2, -0.15) is 0 Å². The Morgan fingerprint density at radius 1 is 1.03 bits per heavy atom. The highest BCUT2D eigenvalue weighted by Crippen LogP contribution is 2.38. The van der Waals surface area contributed by atoms with E-state index in [0.717, 1.165) is 11.0 Å². The number of nitrogens with zero attached hydrogens (tertiary/aromatic N) is 1. The van der Waals surface area contributed by atoms with Gasteiger partial charge in [0.25, 0.3) is 11.1 Å². The summed E-state index contributed by atoms with van der Waals surface area (Å²) in [6.45, 7) is -0.634. The second-order valence-electron chi connectivity index (χ2n) is 7.52. The SMILES string of the molecule is O=C(CN1C(=O)S/C(=C/c2cc(Cl)c(OCc3ccccc3F)c(Cl)c2)C1=O)Nc1cccc(F)c1. The van der Waals surface area contributed by atoms with Crippen molar-refractivity contribution in [3.63, 3.8) is 0 Å². The van der Waals surface area contributed by atoms with E-state index >= 15 is 0 Å². The van der Waals surface area contributed by atoms with Crippen LogP contribution in [0.3, 0.4) is 0 Å². The number of imide groups is 1. The predicted octanol–water partition coefficient (Wildman–Crippen LogP) is 6.53. The van der Waals surface area contributed by atoms with Crippen LogP contribution in [-0.2, 0) is 16.2 Å². The molecule has 0 unspecified atom stereocenters. The summed E-state index contributed by atoms with van der Waals surface area (Å²) in [5.41, 5.74) is 0.936. The van der Waals surface area contributed by atoms with Crippen molar-refractivity contribution >= 4 is 63.8 Å². The molecule has 0 aliphatic carbocycles. The van der Waals surface area contributed by atoms with Crippen LogP contribution in [0.5, 0.6) is 5.75 Å². The van der Waals surface area contributed by atoms with Gasteiger partial charge in [-0.3, -0.25) is 19.3 Å². The molecule has 4 rings (SSSR count). The van der Waals surface area contributed by atoms with Gasteiger partial charge in [-0.1, -0.05) is 47.5 Å². The first kappa shape index (κ1) is 25.7. The highest BCUT2D eigenvalue weighted by atomic mass is 35.5. The maximum atomic E-state index is 13.8. The van der Waals surface area contributed by atoms with E-state index in [-0.39, 0.29) is 33.0 Å². The molecule has 1 fully saturated rings.